The van der Waals surface area contributed by atoms with E-state index >= 15 is 0 Å². The Morgan fingerprint density at radius 2 is 2.00 bits per heavy atom. The number of nitrogens with one attached hydrogen (secondary N) is 1. The van der Waals surface area contributed by atoms with Gasteiger partial charge in [0.05, 0.1) is 0 Å². The van der Waals surface area contributed by atoms with E-state index in [2.05, 4.69) is 34.5 Å². The lowest BCUT2D eigenvalue weighted by atomic mass is 10.3. The Morgan fingerprint density at radius 1 is 1.19 bits per heavy atom. The third kappa shape index (κ3) is 4.35. The maximum atomic E-state index is 11.7. The minimum atomic E-state index is -0.0713. The number of anilines is 1. The molecular weight excluding hydrogens is 286 g/mol. The second-order valence-corrected chi connectivity index (χ2v) is 5.80. The lowest BCUT2D eigenvalue weighted by Crippen LogP contribution is -2.22. The van der Waals surface area contributed by atoms with E-state index in [0.717, 1.165) is 42.4 Å². The van der Waals surface area contributed by atoms with Crippen LogP contribution in [0.4, 0.5) is 5.13 Å². The quantitative estimate of drug-likeness (QED) is 0.759. The van der Waals surface area contributed by atoms with Crippen molar-refractivity contribution in [2.45, 2.75) is 46.1 Å². The average Bonchev–Trinajstić information content (AvgIpc) is 2.95. The van der Waals surface area contributed by atoms with Crippen LogP contribution in [-0.4, -0.2) is 26.5 Å². The first-order chi connectivity index (χ1) is 10.2. The molecule has 0 bridgehead atoms. The Kier molecular flexibility index (Phi) is 5.86. The molecule has 0 atom stereocenters. The molecule has 0 amide bonds. The Balaban J connectivity index is 2.12. The van der Waals surface area contributed by atoms with Gasteiger partial charge in [-0.3, -0.25) is 4.79 Å². The fourth-order valence-corrected chi connectivity index (χ4v) is 2.54. The second kappa shape index (κ2) is 7.87. The molecule has 0 unspecified atom stereocenters. The van der Waals surface area contributed by atoms with Crippen molar-refractivity contribution < 1.29 is 0 Å². The summed E-state index contributed by atoms with van der Waals surface area (Å²) in [6, 6.07) is 3.25. The van der Waals surface area contributed by atoms with E-state index in [-0.39, 0.29) is 5.56 Å². The molecule has 0 spiro atoms. The van der Waals surface area contributed by atoms with Crippen molar-refractivity contribution in [3.8, 4) is 10.7 Å². The highest BCUT2D eigenvalue weighted by molar-refractivity contribution is 7.18. The molecule has 0 fully saturated rings. The van der Waals surface area contributed by atoms with Gasteiger partial charge >= 0.3 is 0 Å². The molecule has 2 aromatic rings. The molecule has 2 aromatic heterocycles. The highest BCUT2D eigenvalue weighted by atomic mass is 32.1. The van der Waals surface area contributed by atoms with Crippen molar-refractivity contribution in [2.24, 2.45) is 0 Å². The Hall–Kier alpha value is -1.76. The van der Waals surface area contributed by atoms with E-state index in [9.17, 15) is 4.79 Å². The third-order valence-corrected chi connectivity index (χ3v) is 3.94. The van der Waals surface area contributed by atoms with Gasteiger partial charge in [-0.15, -0.1) is 10.2 Å². The molecule has 6 nitrogen and oxygen atoms in total. The normalized spacial score (nSPS) is 10.8. The summed E-state index contributed by atoms with van der Waals surface area (Å²) >= 11 is 1.46. The van der Waals surface area contributed by atoms with Gasteiger partial charge in [0, 0.05) is 19.2 Å². The summed E-state index contributed by atoms with van der Waals surface area (Å²) in [5.74, 6) is 0. The topological polar surface area (TPSA) is 72.7 Å². The maximum absolute atomic E-state index is 11.7. The van der Waals surface area contributed by atoms with Crippen LogP contribution in [0.1, 0.15) is 39.5 Å². The van der Waals surface area contributed by atoms with Gasteiger partial charge in [-0.25, -0.2) is 4.68 Å². The van der Waals surface area contributed by atoms with Gasteiger partial charge in [-0.05, 0) is 18.9 Å². The molecule has 2 rings (SSSR count). The lowest BCUT2D eigenvalue weighted by Gasteiger charge is -2.04. The van der Waals surface area contributed by atoms with Gasteiger partial charge in [0.1, 0.15) is 5.69 Å². The number of aromatic nitrogens is 4. The first-order valence-electron chi connectivity index (χ1n) is 7.40. The van der Waals surface area contributed by atoms with Gasteiger partial charge in [0.15, 0.2) is 5.01 Å². The highest BCUT2D eigenvalue weighted by Crippen LogP contribution is 2.23. The molecule has 0 aliphatic carbocycles. The molecule has 0 aromatic carbocycles. The van der Waals surface area contributed by atoms with Crippen molar-refractivity contribution in [1.29, 1.82) is 0 Å². The Morgan fingerprint density at radius 3 is 2.76 bits per heavy atom. The van der Waals surface area contributed by atoms with Crippen molar-refractivity contribution in [3.05, 3.63) is 22.5 Å². The first-order valence-corrected chi connectivity index (χ1v) is 8.22. The predicted octanol–water partition coefficient (Wildman–Crippen LogP) is 2.77. The Labute approximate surface area is 128 Å². The Bertz CT molecular complexity index is 622. The van der Waals surface area contributed by atoms with Crippen molar-refractivity contribution >= 4 is 16.5 Å². The molecule has 1 N–H and O–H groups in total. The zero-order chi connectivity index (χ0) is 15.1. The summed E-state index contributed by atoms with van der Waals surface area (Å²) in [4.78, 5) is 11.7. The molecule has 21 heavy (non-hydrogen) atoms. The van der Waals surface area contributed by atoms with Gasteiger partial charge in [0.25, 0.3) is 5.56 Å². The van der Waals surface area contributed by atoms with Crippen LogP contribution in [0.3, 0.4) is 0 Å². The summed E-state index contributed by atoms with van der Waals surface area (Å²) in [5.41, 5.74) is 0.629. The summed E-state index contributed by atoms with van der Waals surface area (Å²) in [6.45, 7) is 5.78. The molecule has 0 aliphatic rings. The molecule has 0 radical (unpaired) electrons. The SMILES string of the molecule is CCCCNc1nnc(-c2ccc(=O)n(CCCC)n2)s1. The van der Waals surface area contributed by atoms with E-state index in [1.54, 1.807) is 12.1 Å². The zero-order valence-corrected chi connectivity index (χ0v) is 13.3. The molecule has 0 saturated heterocycles. The minimum Gasteiger partial charge on any atom is -0.360 e. The molecule has 114 valence electrons. The van der Waals surface area contributed by atoms with Crippen LogP contribution in [0.15, 0.2) is 16.9 Å². The second-order valence-electron chi connectivity index (χ2n) is 4.83. The van der Waals surface area contributed by atoms with Crippen LogP contribution >= 0.6 is 11.3 Å². The summed E-state index contributed by atoms with van der Waals surface area (Å²) in [5, 5.41) is 17.4. The number of rotatable bonds is 8. The number of nitrogens with zero attached hydrogens (tertiary/aromatic N) is 4. The molecular formula is C14H21N5OS. The molecule has 2 heterocycles. The monoisotopic (exact) mass is 307 g/mol. The van der Waals surface area contributed by atoms with Crippen molar-refractivity contribution in [2.75, 3.05) is 11.9 Å². The number of aryl methyl sites for hydroxylation is 1. The minimum absolute atomic E-state index is 0.0713. The number of hydrogen-bond donors (Lipinski definition) is 1. The van der Waals surface area contributed by atoms with Crippen LogP contribution < -0.4 is 10.9 Å². The molecule has 0 aliphatic heterocycles. The van der Waals surface area contributed by atoms with Gasteiger partial charge in [-0.2, -0.15) is 5.10 Å². The largest absolute Gasteiger partial charge is 0.360 e. The van der Waals surface area contributed by atoms with E-state index in [4.69, 9.17) is 0 Å². The number of unbranched alkanes of at least 4 members (excludes halogenated alkanes) is 2. The molecule has 0 saturated carbocycles. The van der Waals surface area contributed by atoms with Crippen LogP contribution in [0.25, 0.3) is 10.7 Å². The van der Waals surface area contributed by atoms with E-state index < -0.39 is 0 Å². The maximum Gasteiger partial charge on any atom is 0.266 e. The van der Waals surface area contributed by atoms with E-state index in [0.29, 0.717) is 12.2 Å². The zero-order valence-electron chi connectivity index (χ0n) is 12.5. The van der Waals surface area contributed by atoms with Crippen molar-refractivity contribution in [1.82, 2.24) is 20.0 Å². The smallest absolute Gasteiger partial charge is 0.266 e. The summed E-state index contributed by atoms with van der Waals surface area (Å²) < 4.78 is 1.50. The van der Waals surface area contributed by atoms with Crippen LogP contribution in [0.5, 0.6) is 0 Å². The standard InChI is InChI=1S/C14H21N5OS/c1-3-5-9-15-14-17-16-13(21-14)11-7-8-12(20)19(18-11)10-6-4-2/h7-8H,3-6,9-10H2,1-2H3,(H,15,17). The van der Waals surface area contributed by atoms with Gasteiger partial charge in [-0.1, -0.05) is 38.0 Å². The lowest BCUT2D eigenvalue weighted by molar-refractivity contribution is 0.545. The fraction of sp³-hybridized carbons (Fsp3) is 0.571. The fourth-order valence-electron chi connectivity index (χ4n) is 1.80. The third-order valence-electron chi connectivity index (χ3n) is 3.04. The van der Waals surface area contributed by atoms with Gasteiger partial charge in [0.2, 0.25) is 5.13 Å². The average molecular weight is 307 g/mol. The van der Waals surface area contributed by atoms with E-state index in [1.165, 1.54) is 16.0 Å². The van der Waals surface area contributed by atoms with Gasteiger partial charge < -0.3 is 5.32 Å². The van der Waals surface area contributed by atoms with Crippen LogP contribution in [0.2, 0.25) is 0 Å². The van der Waals surface area contributed by atoms with Crippen molar-refractivity contribution in [3.63, 3.8) is 0 Å². The number of hydrogen-bond acceptors (Lipinski definition) is 6. The predicted molar refractivity (Wildman–Crippen MR) is 85.7 cm³/mol. The highest BCUT2D eigenvalue weighted by Gasteiger charge is 2.09. The van der Waals surface area contributed by atoms with Crippen LogP contribution in [-0.2, 0) is 6.54 Å². The molecule has 7 heteroatoms. The van der Waals surface area contributed by atoms with Crippen LogP contribution in [0, 0.1) is 0 Å². The first kappa shape index (κ1) is 15.6. The summed E-state index contributed by atoms with van der Waals surface area (Å²) in [7, 11) is 0. The van der Waals surface area contributed by atoms with E-state index in [1.807, 2.05) is 0 Å². The summed E-state index contributed by atoms with van der Waals surface area (Å²) in [6.07, 6.45) is 4.22.